The Morgan fingerprint density at radius 2 is 1.70 bits per heavy atom. The van der Waals surface area contributed by atoms with Crippen LogP contribution >= 0.6 is 0 Å². The van der Waals surface area contributed by atoms with E-state index in [0.29, 0.717) is 54.3 Å². The lowest BCUT2D eigenvalue weighted by atomic mass is 9.88. The first-order chi connectivity index (χ1) is 18.0. The molecule has 3 heterocycles. The van der Waals surface area contributed by atoms with Crippen LogP contribution in [0, 0.1) is 12.8 Å². The number of piperidine rings is 1. The van der Waals surface area contributed by atoms with Gasteiger partial charge in [0.2, 0.25) is 12.7 Å². The quantitative estimate of drug-likeness (QED) is 0.512. The average Bonchev–Trinajstić information content (AvgIpc) is 3.62. The minimum Gasteiger partial charge on any atom is -0.467 e. The van der Waals surface area contributed by atoms with Crippen LogP contribution in [0.4, 0.5) is 0 Å². The smallest absolute Gasteiger partial charge is 0.253 e. The number of fused-ring (bicyclic) bond motifs is 1. The molecule has 192 valence electrons. The van der Waals surface area contributed by atoms with Gasteiger partial charge in [0.05, 0.1) is 12.8 Å². The topological polar surface area (TPSA) is 110 Å². The zero-order valence-corrected chi connectivity index (χ0v) is 20.6. The highest BCUT2D eigenvalue weighted by atomic mass is 16.7. The van der Waals surface area contributed by atoms with Gasteiger partial charge in [-0.15, -0.1) is 0 Å². The molecule has 2 aliphatic heterocycles. The number of aryl methyl sites for hydroxylation is 1. The molecule has 0 unspecified atom stereocenters. The number of carbonyl (C=O) groups is 3. The second kappa shape index (κ2) is 10.8. The lowest BCUT2D eigenvalue weighted by Gasteiger charge is -2.36. The number of benzene rings is 2. The molecule has 1 aromatic heterocycles. The largest absolute Gasteiger partial charge is 0.467 e. The summed E-state index contributed by atoms with van der Waals surface area (Å²) in [4.78, 5) is 41.1. The normalized spacial score (nSPS) is 15.8. The van der Waals surface area contributed by atoms with Crippen molar-refractivity contribution in [1.82, 2.24) is 15.5 Å². The first kappa shape index (κ1) is 24.4. The summed E-state index contributed by atoms with van der Waals surface area (Å²) in [6.07, 6.45) is 2.69. The van der Waals surface area contributed by atoms with Gasteiger partial charge in [-0.1, -0.05) is 17.7 Å². The third kappa shape index (κ3) is 5.61. The molecule has 3 aromatic rings. The van der Waals surface area contributed by atoms with Crippen molar-refractivity contribution in [2.24, 2.45) is 5.92 Å². The monoisotopic (exact) mass is 503 g/mol. The number of furan rings is 1. The highest BCUT2D eigenvalue weighted by Gasteiger charge is 2.34. The molecular formula is C28H29N3O6. The number of carbonyl (C=O) groups excluding carboxylic acids is 3. The zero-order valence-electron chi connectivity index (χ0n) is 20.6. The van der Waals surface area contributed by atoms with Crippen molar-refractivity contribution in [3.63, 3.8) is 0 Å². The molecule has 2 N–H and O–H groups in total. The Morgan fingerprint density at radius 3 is 2.43 bits per heavy atom. The number of ether oxygens (including phenoxy) is 2. The molecule has 37 heavy (non-hydrogen) atoms. The van der Waals surface area contributed by atoms with E-state index in [4.69, 9.17) is 13.9 Å². The minimum absolute atomic E-state index is 0.0979. The number of hydrogen-bond acceptors (Lipinski definition) is 6. The summed E-state index contributed by atoms with van der Waals surface area (Å²) in [6, 6.07) is 15.2. The van der Waals surface area contributed by atoms with E-state index in [1.807, 2.05) is 19.1 Å². The molecule has 9 heteroatoms. The van der Waals surface area contributed by atoms with Crippen molar-refractivity contribution in [3.05, 3.63) is 83.3 Å². The van der Waals surface area contributed by atoms with E-state index in [9.17, 15) is 14.4 Å². The fourth-order valence-corrected chi connectivity index (χ4v) is 4.67. The van der Waals surface area contributed by atoms with E-state index in [1.165, 1.54) is 0 Å². The van der Waals surface area contributed by atoms with Crippen LogP contribution in [0.3, 0.4) is 0 Å². The number of hydrogen-bond donors (Lipinski definition) is 2. The third-order valence-corrected chi connectivity index (χ3v) is 6.82. The summed E-state index contributed by atoms with van der Waals surface area (Å²) in [6.45, 7) is 3.27. The first-order valence-electron chi connectivity index (χ1n) is 12.3. The van der Waals surface area contributed by atoms with Gasteiger partial charge in [-0.2, -0.15) is 0 Å². The van der Waals surface area contributed by atoms with Crippen LogP contribution in [0.1, 0.15) is 44.9 Å². The molecule has 0 bridgehead atoms. The Kier molecular flexibility index (Phi) is 7.11. The van der Waals surface area contributed by atoms with Crippen LogP contribution in [0.25, 0.3) is 0 Å². The zero-order chi connectivity index (χ0) is 25.8. The molecule has 0 spiro atoms. The Labute approximate surface area is 214 Å². The molecule has 0 saturated carbocycles. The number of amides is 3. The molecule has 1 atom stereocenters. The van der Waals surface area contributed by atoms with E-state index in [1.54, 1.807) is 53.6 Å². The first-order valence-corrected chi connectivity index (χ1v) is 12.3. The van der Waals surface area contributed by atoms with Crippen LogP contribution in [0.15, 0.2) is 65.3 Å². The number of nitrogens with zero attached hydrogens (tertiary/aromatic N) is 1. The van der Waals surface area contributed by atoms with Gasteiger partial charge in [0.25, 0.3) is 11.8 Å². The van der Waals surface area contributed by atoms with Crippen molar-refractivity contribution in [3.8, 4) is 11.5 Å². The summed E-state index contributed by atoms with van der Waals surface area (Å²) in [5, 5.41) is 5.82. The molecular weight excluding hydrogens is 474 g/mol. The van der Waals surface area contributed by atoms with Gasteiger partial charge < -0.3 is 29.4 Å². The van der Waals surface area contributed by atoms with E-state index in [2.05, 4.69) is 10.6 Å². The molecule has 2 aromatic carbocycles. The number of nitrogens with one attached hydrogen (secondary N) is 2. The molecule has 0 aliphatic carbocycles. The van der Waals surface area contributed by atoms with E-state index < -0.39 is 6.04 Å². The van der Waals surface area contributed by atoms with Crippen LogP contribution in [0.5, 0.6) is 11.5 Å². The van der Waals surface area contributed by atoms with Crippen LogP contribution < -0.4 is 20.1 Å². The lowest BCUT2D eigenvalue weighted by molar-refractivity contribution is -0.124. The van der Waals surface area contributed by atoms with Gasteiger partial charge in [-0.05, 0) is 68.1 Å². The Balaban J connectivity index is 1.25. The second-order valence-electron chi connectivity index (χ2n) is 9.31. The van der Waals surface area contributed by atoms with Crippen molar-refractivity contribution in [1.29, 1.82) is 0 Å². The molecule has 3 amide bonds. The molecule has 5 rings (SSSR count). The maximum Gasteiger partial charge on any atom is 0.253 e. The van der Waals surface area contributed by atoms with Gasteiger partial charge >= 0.3 is 0 Å². The Morgan fingerprint density at radius 1 is 0.973 bits per heavy atom. The van der Waals surface area contributed by atoms with Gasteiger partial charge in [0.1, 0.15) is 11.8 Å². The SMILES string of the molecule is Cc1ccc(C(=O)N[C@@H](C(=O)NCc2ccco2)C2CCN(C(=O)c3ccc4c(c3)OCO4)CC2)cc1. The summed E-state index contributed by atoms with van der Waals surface area (Å²) in [5.41, 5.74) is 2.07. The van der Waals surface area contributed by atoms with E-state index in [0.717, 1.165) is 5.56 Å². The summed E-state index contributed by atoms with van der Waals surface area (Å²) >= 11 is 0. The van der Waals surface area contributed by atoms with E-state index in [-0.39, 0.29) is 37.0 Å². The maximum absolute atomic E-state index is 13.2. The average molecular weight is 504 g/mol. The summed E-state index contributed by atoms with van der Waals surface area (Å²) in [5.74, 6) is 0.998. The summed E-state index contributed by atoms with van der Waals surface area (Å²) in [7, 11) is 0. The van der Waals surface area contributed by atoms with Crippen LogP contribution in [0.2, 0.25) is 0 Å². The van der Waals surface area contributed by atoms with E-state index >= 15 is 0 Å². The number of rotatable bonds is 7. The van der Waals surface area contributed by atoms with Crippen LogP contribution in [-0.4, -0.2) is 48.5 Å². The molecule has 9 nitrogen and oxygen atoms in total. The standard InChI is InChI=1S/C28H29N3O6/c1-18-4-6-20(7-5-18)26(32)30-25(27(33)29-16-22-3-2-14-35-22)19-10-12-31(13-11-19)28(34)21-8-9-23-24(15-21)37-17-36-23/h2-9,14-15,19,25H,10-13,16-17H2,1H3,(H,29,33)(H,30,32)/t25-/m1/s1. The number of likely N-dealkylation sites (tertiary alicyclic amines) is 1. The van der Waals surface area contributed by atoms with Gasteiger partial charge in [-0.25, -0.2) is 0 Å². The van der Waals surface area contributed by atoms with Gasteiger partial charge in [0, 0.05) is 24.2 Å². The third-order valence-electron chi connectivity index (χ3n) is 6.82. The molecule has 1 saturated heterocycles. The second-order valence-corrected chi connectivity index (χ2v) is 9.31. The van der Waals surface area contributed by atoms with Crippen molar-refractivity contribution in [2.45, 2.75) is 32.4 Å². The molecule has 2 aliphatic rings. The predicted octanol–water partition coefficient (Wildman–Crippen LogP) is 3.28. The van der Waals surface area contributed by atoms with Gasteiger partial charge in [0.15, 0.2) is 11.5 Å². The predicted molar refractivity (Wildman–Crippen MR) is 134 cm³/mol. The fourth-order valence-electron chi connectivity index (χ4n) is 4.67. The maximum atomic E-state index is 13.2. The molecule has 0 radical (unpaired) electrons. The minimum atomic E-state index is -0.744. The lowest BCUT2D eigenvalue weighted by Crippen LogP contribution is -2.53. The van der Waals surface area contributed by atoms with Crippen molar-refractivity contribution < 1.29 is 28.3 Å². The van der Waals surface area contributed by atoms with Crippen molar-refractivity contribution in [2.75, 3.05) is 19.9 Å². The fraction of sp³-hybridized carbons (Fsp3) is 0.321. The molecule has 1 fully saturated rings. The summed E-state index contributed by atoms with van der Waals surface area (Å²) < 4.78 is 16.0. The Bertz CT molecular complexity index is 1260. The highest BCUT2D eigenvalue weighted by Crippen LogP contribution is 2.33. The van der Waals surface area contributed by atoms with Crippen molar-refractivity contribution >= 4 is 17.7 Å². The Hall–Kier alpha value is -4.27. The van der Waals surface area contributed by atoms with Gasteiger partial charge in [-0.3, -0.25) is 14.4 Å². The van der Waals surface area contributed by atoms with Crippen LogP contribution in [-0.2, 0) is 11.3 Å². The highest BCUT2D eigenvalue weighted by molar-refractivity contribution is 5.98.